The number of hydrogen-bond acceptors (Lipinski definition) is 4. The summed E-state index contributed by atoms with van der Waals surface area (Å²) in [4.78, 5) is 26.4. The molecule has 0 saturated carbocycles. The lowest BCUT2D eigenvalue weighted by Crippen LogP contribution is -2.45. The first-order chi connectivity index (χ1) is 13.3. The molecule has 28 heavy (non-hydrogen) atoms. The fourth-order valence-electron chi connectivity index (χ4n) is 2.57. The fourth-order valence-corrected chi connectivity index (χ4v) is 2.57. The van der Waals surface area contributed by atoms with Crippen molar-refractivity contribution < 1.29 is 23.1 Å². The second-order valence-corrected chi connectivity index (χ2v) is 6.13. The number of carbonyl (C=O) groups excluding carboxylic acids is 2. The van der Waals surface area contributed by atoms with Crippen molar-refractivity contribution in [1.82, 2.24) is 4.90 Å². The number of halogens is 2. The quantitative estimate of drug-likeness (QED) is 0.725. The molecule has 2 amide bonds. The molecule has 0 aromatic heterocycles. The maximum absolute atomic E-state index is 13.3. The van der Waals surface area contributed by atoms with E-state index in [1.807, 2.05) is 6.92 Å². The highest BCUT2D eigenvalue weighted by Crippen LogP contribution is 2.16. The Morgan fingerprint density at radius 2 is 1.68 bits per heavy atom. The average Bonchev–Trinajstić information content (AvgIpc) is 2.69. The van der Waals surface area contributed by atoms with E-state index < -0.39 is 23.6 Å². The van der Waals surface area contributed by atoms with E-state index in [-0.39, 0.29) is 18.1 Å². The van der Waals surface area contributed by atoms with Gasteiger partial charge in [-0.25, -0.2) is 8.78 Å². The maximum Gasteiger partial charge on any atom is 0.241 e. The number of anilines is 2. The molecule has 2 N–H and O–H groups in total. The van der Waals surface area contributed by atoms with Crippen LogP contribution in [0.25, 0.3) is 0 Å². The number of hydrogen-bond donors (Lipinski definition) is 2. The van der Waals surface area contributed by atoms with Crippen molar-refractivity contribution in [2.45, 2.75) is 19.9 Å². The van der Waals surface area contributed by atoms with Crippen LogP contribution in [0, 0.1) is 11.6 Å². The van der Waals surface area contributed by atoms with Crippen molar-refractivity contribution in [3.8, 4) is 5.75 Å². The summed E-state index contributed by atoms with van der Waals surface area (Å²) in [6, 6.07) is 9.35. The first-order valence-electron chi connectivity index (χ1n) is 8.78. The van der Waals surface area contributed by atoms with E-state index in [0.717, 1.165) is 12.1 Å². The molecule has 6 nitrogen and oxygen atoms in total. The molecule has 0 aliphatic rings. The van der Waals surface area contributed by atoms with Gasteiger partial charge in [0.15, 0.2) is 11.6 Å². The molecule has 1 unspecified atom stereocenters. The van der Waals surface area contributed by atoms with Crippen LogP contribution in [0.3, 0.4) is 0 Å². The molecule has 1 atom stereocenters. The molecule has 0 aliphatic carbocycles. The summed E-state index contributed by atoms with van der Waals surface area (Å²) < 4.78 is 31.3. The third kappa shape index (κ3) is 5.75. The smallest absolute Gasteiger partial charge is 0.241 e. The molecule has 0 fully saturated rings. The number of benzene rings is 2. The molecule has 0 aliphatic heterocycles. The zero-order valence-electron chi connectivity index (χ0n) is 16.0. The van der Waals surface area contributed by atoms with Gasteiger partial charge in [-0.15, -0.1) is 0 Å². The number of nitrogens with zero attached hydrogens (tertiary/aromatic N) is 1. The third-order valence-electron chi connectivity index (χ3n) is 4.24. The number of nitrogens with one attached hydrogen (secondary N) is 2. The van der Waals surface area contributed by atoms with E-state index in [2.05, 4.69) is 10.6 Å². The van der Waals surface area contributed by atoms with Crippen molar-refractivity contribution in [1.29, 1.82) is 0 Å². The van der Waals surface area contributed by atoms with Crippen LogP contribution in [0.15, 0.2) is 42.5 Å². The van der Waals surface area contributed by atoms with Gasteiger partial charge in [0.05, 0.1) is 19.7 Å². The van der Waals surface area contributed by atoms with Crippen molar-refractivity contribution in [3.05, 3.63) is 54.1 Å². The molecule has 0 saturated heterocycles. The third-order valence-corrected chi connectivity index (χ3v) is 4.24. The van der Waals surface area contributed by atoms with E-state index in [4.69, 9.17) is 4.74 Å². The van der Waals surface area contributed by atoms with Crippen molar-refractivity contribution >= 4 is 23.2 Å². The molecule has 150 valence electrons. The lowest BCUT2D eigenvalue weighted by molar-refractivity contribution is -0.123. The monoisotopic (exact) mass is 391 g/mol. The van der Waals surface area contributed by atoms with Crippen LogP contribution in [0.1, 0.15) is 13.8 Å². The molecule has 0 bridgehead atoms. The molecular weight excluding hydrogens is 368 g/mol. The predicted molar refractivity (Wildman–Crippen MR) is 103 cm³/mol. The summed E-state index contributed by atoms with van der Waals surface area (Å²) in [6.07, 6.45) is 0. The SMILES string of the molecule is CCN(CC(=O)Nc1ccc(OC)cc1)C(C)C(=O)Nc1ccc(F)c(F)c1. The predicted octanol–water partition coefficient (Wildman–Crippen LogP) is 3.26. The minimum Gasteiger partial charge on any atom is -0.497 e. The Morgan fingerprint density at radius 1 is 1.04 bits per heavy atom. The number of rotatable bonds is 8. The summed E-state index contributed by atoms with van der Waals surface area (Å²) >= 11 is 0. The van der Waals surface area contributed by atoms with Crippen LogP contribution < -0.4 is 15.4 Å². The van der Waals surface area contributed by atoms with Gasteiger partial charge in [-0.1, -0.05) is 6.92 Å². The average molecular weight is 391 g/mol. The first-order valence-corrected chi connectivity index (χ1v) is 8.78. The Bertz CT molecular complexity index is 828. The Balaban J connectivity index is 1.95. The maximum atomic E-state index is 13.3. The normalized spacial score (nSPS) is 11.8. The second-order valence-electron chi connectivity index (χ2n) is 6.13. The van der Waals surface area contributed by atoms with Gasteiger partial charge in [-0.3, -0.25) is 14.5 Å². The largest absolute Gasteiger partial charge is 0.497 e. The van der Waals surface area contributed by atoms with Gasteiger partial charge < -0.3 is 15.4 Å². The van der Waals surface area contributed by atoms with Crippen LogP contribution in [-0.4, -0.2) is 43.0 Å². The molecule has 8 heteroatoms. The lowest BCUT2D eigenvalue weighted by Gasteiger charge is -2.26. The van der Waals surface area contributed by atoms with Crippen LogP contribution in [0.2, 0.25) is 0 Å². The fraction of sp³-hybridized carbons (Fsp3) is 0.300. The summed E-state index contributed by atoms with van der Waals surface area (Å²) in [5, 5.41) is 5.28. The van der Waals surface area contributed by atoms with Gasteiger partial charge in [-0.2, -0.15) is 0 Å². The summed E-state index contributed by atoms with van der Waals surface area (Å²) in [7, 11) is 1.56. The highest BCUT2D eigenvalue weighted by Gasteiger charge is 2.22. The van der Waals surface area contributed by atoms with Crippen LogP contribution in [0.5, 0.6) is 5.75 Å². The van der Waals surface area contributed by atoms with Gasteiger partial charge in [0.2, 0.25) is 11.8 Å². The van der Waals surface area contributed by atoms with E-state index >= 15 is 0 Å². The van der Waals surface area contributed by atoms with Crippen LogP contribution in [0.4, 0.5) is 20.2 Å². The van der Waals surface area contributed by atoms with E-state index in [9.17, 15) is 18.4 Å². The van der Waals surface area contributed by atoms with Gasteiger partial charge in [0.1, 0.15) is 5.75 Å². The minimum atomic E-state index is -1.04. The highest BCUT2D eigenvalue weighted by atomic mass is 19.2. The van der Waals surface area contributed by atoms with Gasteiger partial charge in [0, 0.05) is 17.4 Å². The Hall–Kier alpha value is -3.00. The van der Waals surface area contributed by atoms with Gasteiger partial charge in [0.25, 0.3) is 0 Å². The topological polar surface area (TPSA) is 70.7 Å². The highest BCUT2D eigenvalue weighted by molar-refractivity contribution is 5.96. The number of likely N-dealkylation sites (N-methyl/N-ethyl adjacent to an activating group) is 1. The van der Waals surface area contributed by atoms with Crippen LogP contribution >= 0.6 is 0 Å². The standard InChI is InChI=1S/C20H23F2N3O3/c1-4-25(12-19(26)23-14-5-8-16(28-3)9-6-14)13(2)20(27)24-15-7-10-17(21)18(22)11-15/h5-11,13H,4,12H2,1-3H3,(H,23,26)(H,24,27). The zero-order valence-corrected chi connectivity index (χ0v) is 16.0. The number of carbonyl (C=O) groups is 2. The number of methoxy groups -OCH3 is 1. The van der Waals surface area contributed by atoms with Crippen molar-refractivity contribution in [2.24, 2.45) is 0 Å². The lowest BCUT2D eigenvalue weighted by atomic mass is 10.2. The van der Waals surface area contributed by atoms with Crippen molar-refractivity contribution in [3.63, 3.8) is 0 Å². The molecule has 0 spiro atoms. The van der Waals surface area contributed by atoms with Crippen molar-refractivity contribution in [2.75, 3.05) is 30.8 Å². The second kappa shape index (κ2) is 9.80. The van der Waals surface area contributed by atoms with Gasteiger partial charge >= 0.3 is 0 Å². The molecule has 2 rings (SSSR count). The zero-order chi connectivity index (χ0) is 20.7. The molecule has 2 aromatic carbocycles. The van der Waals surface area contributed by atoms with E-state index in [1.165, 1.54) is 6.07 Å². The number of ether oxygens (including phenoxy) is 1. The molecule has 2 aromatic rings. The number of amides is 2. The molecule has 0 radical (unpaired) electrons. The Morgan fingerprint density at radius 3 is 2.25 bits per heavy atom. The van der Waals surface area contributed by atoms with Gasteiger partial charge in [-0.05, 0) is 49.9 Å². The van der Waals surface area contributed by atoms with E-state index in [0.29, 0.717) is 18.0 Å². The van der Waals surface area contributed by atoms with Crippen LogP contribution in [-0.2, 0) is 9.59 Å². The summed E-state index contributed by atoms with van der Waals surface area (Å²) in [5.41, 5.74) is 0.759. The Kier molecular flexibility index (Phi) is 7.45. The summed E-state index contributed by atoms with van der Waals surface area (Å²) in [5.74, 6) is -2.06. The molecular formula is C20H23F2N3O3. The Labute approximate surface area is 162 Å². The minimum absolute atomic E-state index is 0.00506. The van der Waals surface area contributed by atoms with E-state index in [1.54, 1.807) is 43.2 Å². The first kappa shape index (κ1) is 21.3. The summed E-state index contributed by atoms with van der Waals surface area (Å²) in [6.45, 7) is 3.90. The molecule has 0 heterocycles.